The van der Waals surface area contributed by atoms with E-state index in [0.717, 1.165) is 11.8 Å². The summed E-state index contributed by atoms with van der Waals surface area (Å²) in [6.45, 7) is 0. The van der Waals surface area contributed by atoms with Gasteiger partial charge in [0.15, 0.2) is 0 Å². The summed E-state index contributed by atoms with van der Waals surface area (Å²) >= 11 is 0. The van der Waals surface area contributed by atoms with Gasteiger partial charge >= 0.3 is 0 Å². The molecule has 0 aromatic rings. The lowest BCUT2D eigenvalue weighted by molar-refractivity contribution is -0.135. The predicted octanol–water partition coefficient (Wildman–Crippen LogP) is 2.06. The number of hydrogen-bond acceptors (Lipinski definition) is 3. The molecule has 4 aliphatic carbocycles. The molecule has 0 spiro atoms. The van der Waals surface area contributed by atoms with Gasteiger partial charge in [-0.05, 0) is 55.8 Å². The van der Waals surface area contributed by atoms with Crippen molar-refractivity contribution in [2.75, 3.05) is 12.0 Å². The van der Waals surface area contributed by atoms with Gasteiger partial charge in [-0.3, -0.25) is 4.79 Å². The van der Waals surface area contributed by atoms with Gasteiger partial charge in [-0.1, -0.05) is 0 Å². The Kier molecular flexibility index (Phi) is 3.04. The maximum atomic E-state index is 12.3. The minimum absolute atomic E-state index is 0.0363. The van der Waals surface area contributed by atoms with Crippen molar-refractivity contribution >= 4 is 15.6 Å². The third-order valence-corrected chi connectivity index (χ3v) is 6.26. The van der Waals surface area contributed by atoms with E-state index in [-0.39, 0.29) is 23.9 Å². The first-order valence-corrected chi connectivity index (χ1v) is 9.19. The summed E-state index contributed by atoms with van der Waals surface area (Å²) in [7, 11) is -3.00. The van der Waals surface area contributed by atoms with Crippen molar-refractivity contribution in [2.24, 2.45) is 29.6 Å². The van der Waals surface area contributed by atoms with Crippen LogP contribution in [0.2, 0.25) is 0 Å². The van der Waals surface area contributed by atoms with Gasteiger partial charge in [0.1, 0.15) is 15.6 Å². The first-order chi connectivity index (χ1) is 8.42. The molecular formula is C14H22O3S. The van der Waals surface area contributed by atoms with E-state index in [2.05, 4.69) is 0 Å². The molecule has 4 heteroatoms. The second kappa shape index (κ2) is 4.32. The van der Waals surface area contributed by atoms with Crippen molar-refractivity contribution in [3.63, 3.8) is 0 Å². The van der Waals surface area contributed by atoms with Gasteiger partial charge in [-0.25, -0.2) is 8.42 Å². The molecule has 3 nitrogen and oxygen atoms in total. The summed E-state index contributed by atoms with van der Waals surface area (Å²) < 4.78 is 22.3. The summed E-state index contributed by atoms with van der Waals surface area (Å²) in [5.41, 5.74) is 0. The Morgan fingerprint density at radius 2 is 1.50 bits per heavy atom. The quantitative estimate of drug-likeness (QED) is 0.785. The van der Waals surface area contributed by atoms with Crippen molar-refractivity contribution in [2.45, 2.75) is 38.5 Å². The standard InChI is InChI=1S/C14H22O3S/c1-18(16,17)3-2-13(15)14-11-5-9-4-10(7-11)8-12(14)6-9/h9-12,14H,2-8H2,1H3. The zero-order valence-corrected chi connectivity index (χ0v) is 11.8. The van der Waals surface area contributed by atoms with Gasteiger partial charge in [0.25, 0.3) is 0 Å². The molecule has 4 saturated carbocycles. The van der Waals surface area contributed by atoms with E-state index >= 15 is 0 Å². The van der Waals surface area contributed by atoms with Crippen LogP contribution in [0.25, 0.3) is 0 Å². The number of hydrogen-bond donors (Lipinski definition) is 0. The molecule has 102 valence electrons. The SMILES string of the molecule is CS(=O)(=O)CCC(=O)C1C2CC3CC(C2)CC1C3. The van der Waals surface area contributed by atoms with Gasteiger partial charge < -0.3 is 0 Å². The van der Waals surface area contributed by atoms with E-state index in [0.29, 0.717) is 11.8 Å². The highest BCUT2D eigenvalue weighted by molar-refractivity contribution is 7.90. The molecule has 0 atom stereocenters. The van der Waals surface area contributed by atoms with Crippen molar-refractivity contribution in [1.29, 1.82) is 0 Å². The van der Waals surface area contributed by atoms with E-state index in [4.69, 9.17) is 0 Å². The molecule has 0 unspecified atom stereocenters. The molecule has 4 fully saturated rings. The Morgan fingerprint density at radius 3 is 1.94 bits per heavy atom. The lowest BCUT2D eigenvalue weighted by Crippen LogP contribution is -2.48. The number of rotatable bonds is 4. The van der Waals surface area contributed by atoms with Gasteiger partial charge in [0.2, 0.25) is 0 Å². The van der Waals surface area contributed by atoms with Crippen LogP contribution in [0, 0.1) is 29.6 Å². The van der Waals surface area contributed by atoms with Gasteiger partial charge in [-0.2, -0.15) is 0 Å². The summed E-state index contributed by atoms with van der Waals surface area (Å²) in [6.07, 6.45) is 7.75. The van der Waals surface area contributed by atoms with Crippen molar-refractivity contribution < 1.29 is 13.2 Å². The van der Waals surface area contributed by atoms with Gasteiger partial charge in [-0.15, -0.1) is 0 Å². The Labute approximate surface area is 109 Å². The topological polar surface area (TPSA) is 51.2 Å². The van der Waals surface area contributed by atoms with Crippen LogP contribution in [0.4, 0.5) is 0 Å². The molecule has 0 aliphatic heterocycles. The fraction of sp³-hybridized carbons (Fsp3) is 0.929. The fourth-order valence-electron chi connectivity index (χ4n) is 4.90. The van der Waals surface area contributed by atoms with Crippen LogP contribution in [0.3, 0.4) is 0 Å². The number of Topliss-reactive ketones (excluding diaryl/α,β-unsaturated/α-hetero) is 1. The Hall–Kier alpha value is -0.380. The first kappa shape index (κ1) is 12.6. The number of carbonyl (C=O) groups is 1. The Bertz CT molecular complexity index is 424. The van der Waals surface area contributed by atoms with Crippen molar-refractivity contribution in [3.05, 3.63) is 0 Å². The fourth-order valence-corrected chi connectivity index (χ4v) is 5.48. The number of ketones is 1. The molecule has 18 heavy (non-hydrogen) atoms. The zero-order chi connectivity index (χ0) is 12.9. The van der Waals surface area contributed by atoms with Crippen molar-refractivity contribution in [3.8, 4) is 0 Å². The molecule has 4 rings (SSSR count). The van der Waals surface area contributed by atoms with Crippen LogP contribution in [-0.4, -0.2) is 26.2 Å². The second-order valence-electron chi connectivity index (χ2n) is 6.80. The van der Waals surface area contributed by atoms with Gasteiger partial charge in [0, 0.05) is 18.6 Å². The average molecular weight is 270 g/mol. The summed E-state index contributed by atoms with van der Waals surface area (Å²) in [5.74, 6) is 3.35. The van der Waals surface area contributed by atoms with Crippen molar-refractivity contribution in [1.82, 2.24) is 0 Å². The largest absolute Gasteiger partial charge is 0.299 e. The van der Waals surface area contributed by atoms with Crippen LogP contribution in [0.5, 0.6) is 0 Å². The van der Waals surface area contributed by atoms with Crippen LogP contribution in [-0.2, 0) is 14.6 Å². The van der Waals surface area contributed by atoms with E-state index in [1.165, 1.54) is 38.4 Å². The Morgan fingerprint density at radius 1 is 1.00 bits per heavy atom. The highest BCUT2D eigenvalue weighted by atomic mass is 32.2. The molecule has 0 aromatic carbocycles. The second-order valence-corrected chi connectivity index (χ2v) is 9.06. The highest BCUT2D eigenvalue weighted by Gasteiger charge is 2.50. The molecular weight excluding hydrogens is 248 g/mol. The molecule has 0 aromatic heterocycles. The maximum Gasteiger partial charge on any atom is 0.147 e. The maximum absolute atomic E-state index is 12.3. The van der Waals surface area contributed by atoms with E-state index < -0.39 is 9.84 Å². The minimum Gasteiger partial charge on any atom is -0.299 e. The molecule has 0 amide bonds. The third kappa shape index (κ3) is 2.36. The number of sulfone groups is 1. The zero-order valence-electron chi connectivity index (χ0n) is 11.0. The molecule has 4 bridgehead atoms. The summed E-state index contributed by atoms with van der Waals surface area (Å²) in [5, 5.41) is 0. The lowest BCUT2D eigenvalue weighted by Gasteiger charge is -2.53. The van der Waals surface area contributed by atoms with Crippen LogP contribution in [0.1, 0.15) is 38.5 Å². The Balaban J connectivity index is 1.67. The van der Waals surface area contributed by atoms with Gasteiger partial charge in [0.05, 0.1) is 5.75 Å². The third-order valence-electron chi connectivity index (χ3n) is 5.32. The van der Waals surface area contributed by atoms with Crippen LogP contribution >= 0.6 is 0 Å². The predicted molar refractivity (Wildman–Crippen MR) is 69.9 cm³/mol. The van der Waals surface area contributed by atoms with E-state index in [9.17, 15) is 13.2 Å². The highest BCUT2D eigenvalue weighted by Crippen LogP contribution is 2.56. The monoisotopic (exact) mass is 270 g/mol. The molecule has 4 aliphatic rings. The molecule has 0 heterocycles. The molecule has 0 N–H and O–H groups in total. The smallest absolute Gasteiger partial charge is 0.147 e. The lowest BCUT2D eigenvalue weighted by atomic mass is 9.51. The normalized spacial score (nSPS) is 42.2. The van der Waals surface area contributed by atoms with Crippen LogP contribution in [0.15, 0.2) is 0 Å². The van der Waals surface area contributed by atoms with E-state index in [1.807, 2.05) is 0 Å². The molecule has 0 radical (unpaired) electrons. The number of carbonyl (C=O) groups excluding carboxylic acids is 1. The summed E-state index contributed by atoms with van der Waals surface area (Å²) in [6, 6.07) is 0. The average Bonchev–Trinajstić information content (AvgIpc) is 2.23. The first-order valence-electron chi connectivity index (χ1n) is 7.13. The molecule has 0 saturated heterocycles. The van der Waals surface area contributed by atoms with Crippen LogP contribution < -0.4 is 0 Å². The summed E-state index contributed by atoms with van der Waals surface area (Å²) in [4.78, 5) is 12.3. The minimum atomic E-state index is -3.00. The van der Waals surface area contributed by atoms with E-state index in [1.54, 1.807) is 0 Å².